The molecule has 0 aromatic carbocycles. The van der Waals surface area contributed by atoms with Gasteiger partial charge >= 0.3 is 11.9 Å². The summed E-state index contributed by atoms with van der Waals surface area (Å²) >= 11 is 0. The highest BCUT2D eigenvalue weighted by atomic mass is 16.5. The molecule has 13 heavy (non-hydrogen) atoms. The Balaban J connectivity index is 3.36. The molecule has 70 valence electrons. The van der Waals surface area contributed by atoms with Gasteiger partial charge in [-0.3, -0.25) is 0 Å². The second kappa shape index (κ2) is 2.70. The second-order valence-corrected chi connectivity index (χ2v) is 2.07. The highest BCUT2D eigenvalue weighted by molar-refractivity contribution is 5.95. The number of rotatable bonds is 2. The van der Waals surface area contributed by atoms with Gasteiger partial charge in [0.15, 0.2) is 0 Å². The van der Waals surface area contributed by atoms with E-state index in [0.29, 0.717) is 0 Å². The zero-order valence-corrected chi connectivity index (χ0v) is 6.01. The lowest BCUT2D eigenvalue weighted by molar-refractivity contribution is 0.0628. The van der Waals surface area contributed by atoms with Crippen LogP contribution < -0.4 is 0 Å². The minimum absolute atomic E-state index is 1.00. The minimum Gasteiger partial charge on any atom is -0.501 e. The average Bonchev–Trinajstić information content (AvgIpc) is 2.29. The molecular weight excluding hydrogens is 184 g/mol. The molecule has 1 aromatic heterocycles. The molecule has 0 amide bonds. The number of furan rings is 1. The summed E-state index contributed by atoms with van der Waals surface area (Å²) in [6.07, 6.45) is 0. The Labute approximate surface area is 70.5 Å². The molecule has 1 aromatic rings. The Morgan fingerprint density at radius 2 is 1.23 bits per heavy atom. The van der Waals surface area contributed by atoms with E-state index in [9.17, 15) is 9.59 Å². The fraction of sp³-hybridized carbons (Fsp3) is 0. The van der Waals surface area contributed by atoms with Gasteiger partial charge in [0.2, 0.25) is 11.5 Å². The molecule has 0 unspecified atom stereocenters. The van der Waals surface area contributed by atoms with Crippen LogP contribution in [0.5, 0.6) is 11.5 Å². The third kappa shape index (κ3) is 1.26. The van der Waals surface area contributed by atoms with Crippen molar-refractivity contribution < 1.29 is 34.4 Å². The SMILES string of the molecule is O=C(O)c1oc(C(=O)O)c(O)c1O. The maximum absolute atomic E-state index is 10.3. The van der Waals surface area contributed by atoms with E-state index in [4.69, 9.17) is 20.4 Å². The van der Waals surface area contributed by atoms with Crippen LogP contribution in [0.2, 0.25) is 0 Å². The van der Waals surface area contributed by atoms with Crippen molar-refractivity contribution in [2.24, 2.45) is 0 Å². The Kier molecular flexibility index (Phi) is 1.85. The van der Waals surface area contributed by atoms with E-state index < -0.39 is 35.0 Å². The molecule has 0 saturated heterocycles. The fourth-order valence-corrected chi connectivity index (χ4v) is 0.704. The fourth-order valence-electron chi connectivity index (χ4n) is 0.704. The van der Waals surface area contributed by atoms with Crippen LogP contribution in [0.3, 0.4) is 0 Å². The van der Waals surface area contributed by atoms with Gasteiger partial charge in [-0.25, -0.2) is 9.59 Å². The van der Waals surface area contributed by atoms with Crippen LogP contribution in [0.4, 0.5) is 0 Å². The molecule has 0 aliphatic rings. The lowest BCUT2D eigenvalue weighted by Gasteiger charge is -1.86. The zero-order valence-electron chi connectivity index (χ0n) is 6.01. The Bertz CT molecular complexity index is 340. The van der Waals surface area contributed by atoms with Crippen LogP contribution in [0, 0.1) is 0 Å². The molecule has 0 aliphatic heterocycles. The van der Waals surface area contributed by atoms with Crippen molar-refractivity contribution in [3.63, 3.8) is 0 Å². The van der Waals surface area contributed by atoms with Crippen molar-refractivity contribution in [2.75, 3.05) is 0 Å². The summed E-state index contributed by atoms with van der Waals surface area (Å²) in [5.41, 5.74) is 0. The molecule has 4 N–H and O–H groups in total. The highest BCUT2D eigenvalue weighted by Gasteiger charge is 2.27. The van der Waals surface area contributed by atoms with E-state index >= 15 is 0 Å². The van der Waals surface area contributed by atoms with Gasteiger partial charge in [-0.05, 0) is 0 Å². The summed E-state index contributed by atoms with van der Waals surface area (Å²) in [4.78, 5) is 20.5. The van der Waals surface area contributed by atoms with E-state index in [1.165, 1.54) is 0 Å². The van der Waals surface area contributed by atoms with Crippen molar-refractivity contribution in [1.82, 2.24) is 0 Å². The molecule has 0 atom stereocenters. The molecular formula is C6H4O7. The van der Waals surface area contributed by atoms with Crippen molar-refractivity contribution in [3.8, 4) is 11.5 Å². The van der Waals surface area contributed by atoms with E-state index in [-0.39, 0.29) is 0 Å². The number of carboxylic acid groups (broad SMARTS) is 2. The minimum atomic E-state index is -1.67. The molecule has 1 rings (SSSR count). The molecule has 0 bridgehead atoms. The predicted octanol–water partition coefficient (Wildman–Crippen LogP) is 0.0872. The monoisotopic (exact) mass is 188 g/mol. The first kappa shape index (κ1) is 8.91. The standard InChI is InChI=1S/C6H4O7/c7-1-2(8)4(6(11)12)13-3(1)5(9)10/h7-8H,(H,9,10)(H,11,12). The van der Waals surface area contributed by atoms with E-state index in [1.807, 2.05) is 0 Å². The van der Waals surface area contributed by atoms with Crippen LogP contribution in [-0.2, 0) is 0 Å². The van der Waals surface area contributed by atoms with Gasteiger partial charge in [0.05, 0.1) is 0 Å². The highest BCUT2D eigenvalue weighted by Crippen LogP contribution is 2.35. The van der Waals surface area contributed by atoms with Crippen LogP contribution >= 0.6 is 0 Å². The van der Waals surface area contributed by atoms with Crippen LogP contribution in [0.15, 0.2) is 4.42 Å². The Hall–Kier alpha value is -2.18. The van der Waals surface area contributed by atoms with Gasteiger partial charge in [0.1, 0.15) is 0 Å². The lowest BCUT2D eigenvalue weighted by Crippen LogP contribution is -1.95. The first-order valence-corrected chi connectivity index (χ1v) is 2.96. The molecule has 0 spiro atoms. The van der Waals surface area contributed by atoms with Gasteiger partial charge < -0.3 is 24.8 Å². The summed E-state index contributed by atoms with van der Waals surface area (Å²) in [6.45, 7) is 0. The Morgan fingerprint density at radius 1 is 0.923 bits per heavy atom. The second-order valence-electron chi connectivity index (χ2n) is 2.07. The van der Waals surface area contributed by atoms with Crippen LogP contribution in [-0.4, -0.2) is 32.4 Å². The van der Waals surface area contributed by atoms with Crippen LogP contribution in [0.25, 0.3) is 0 Å². The van der Waals surface area contributed by atoms with Gasteiger partial charge in [-0.1, -0.05) is 0 Å². The maximum Gasteiger partial charge on any atom is 0.375 e. The summed E-state index contributed by atoms with van der Waals surface area (Å²) in [5.74, 6) is -7.53. The molecule has 0 radical (unpaired) electrons. The summed E-state index contributed by atoms with van der Waals surface area (Å²) < 4.78 is 4.17. The quantitative estimate of drug-likeness (QED) is 0.517. The summed E-state index contributed by atoms with van der Waals surface area (Å²) in [5, 5.41) is 34.4. The van der Waals surface area contributed by atoms with E-state index in [2.05, 4.69) is 4.42 Å². The van der Waals surface area contributed by atoms with Crippen molar-refractivity contribution in [1.29, 1.82) is 0 Å². The van der Waals surface area contributed by atoms with Crippen molar-refractivity contribution in [3.05, 3.63) is 11.5 Å². The van der Waals surface area contributed by atoms with E-state index in [0.717, 1.165) is 0 Å². The third-order valence-corrected chi connectivity index (χ3v) is 1.25. The maximum atomic E-state index is 10.3. The van der Waals surface area contributed by atoms with E-state index in [1.54, 1.807) is 0 Å². The zero-order chi connectivity index (χ0) is 10.2. The first-order valence-electron chi connectivity index (χ1n) is 2.96. The van der Waals surface area contributed by atoms with Gasteiger partial charge in [0.25, 0.3) is 11.5 Å². The van der Waals surface area contributed by atoms with Gasteiger partial charge in [-0.15, -0.1) is 0 Å². The topological polar surface area (TPSA) is 128 Å². The number of carbonyl (C=O) groups is 2. The Morgan fingerprint density at radius 3 is 1.38 bits per heavy atom. The number of aromatic carboxylic acids is 2. The molecule has 1 heterocycles. The first-order chi connectivity index (χ1) is 5.95. The number of hydrogen-bond donors (Lipinski definition) is 4. The smallest absolute Gasteiger partial charge is 0.375 e. The van der Waals surface area contributed by atoms with Crippen molar-refractivity contribution >= 4 is 11.9 Å². The molecule has 0 fully saturated rings. The molecule has 7 nitrogen and oxygen atoms in total. The third-order valence-electron chi connectivity index (χ3n) is 1.25. The van der Waals surface area contributed by atoms with Crippen LogP contribution in [0.1, 0.15) is 21.1 Å². The molecule has 7 heteroatoms. The number of carboxylic acids is 2. The lowest BCUT2D eigenvalue weighted by atomic mass is 10.3. The van der Waals surface area contributed by atoms with Crippen molar-refractivity contribution in [2.45, 2.75) is 0 Å². The molecule has 0 saturated carbocycles. The van der Waals surface area contributed by atoms with Gasteiger partial charge in [0, 0.05) is 0 Å². The largest absolute Gasteiger partial charge is 0.501 e. The average molecular weight is 188 g/mol. The summed E-state index contributed by atoms with van der Waals surface area (Å²) in [7, 11) is 0. The summed E-state index contributed by atoms with van der Waals surface area (Å²) in [6, 6.07) is 0. The molecule has 0 aliphatic carbocycles. The number of hydrogen-bond acceptors (Lipinski definition) is 5. The normalized spacial score (nSPS) is 9.85. The predicted molar refractivity (Wildman–Crippen MR) is 36.0 cm³/mol. The number of aromatic hydroxyl groups is 2. The van der Waals surface area contributed by atoms with Gasteiger partial charge in [-0.2, -0.15) is 0 Å².